The second-order valence-electron chi connectivity index (χ2n) is 5.96. The van der Waals surface area contributed by atoms with Crippen molar-refractivity contribution >= 4 is 35.0 Å². The van der Waals surface area contributed by atoms with Gasteiger partial charge in [-0.05, 0) is 31.2 Å². The molecule has 138 valence electrons. The monoisotopic (exact) mass is 396 g/mol. The topological polar surface area (TPSA) is 63.0 Å². The van der Waals surface area contributed by atoms with E-state index in [4.69, 9.17) is 32.4 Å². The molecule has 1 atom stereocenters. The molecular formula is C18H18Cl2N2O4. The van der Waals surface area contributed by atoms with Crippen LogP contribution in [0.15, 0.2) is 41.2 Å². The molecule has 0 spiro atoms. The molecule has 3 rings (SSSR count). The number of piperazine rings is 1. The van der Waals surface area contributed by atoms with E-state index in [0.717, 1.165) is 0 Å². The number of carbonyl (C=O) groups is 2. The number of halogens is 2. The summed E-state index contributed by atoms with van der Waals surface area (Å²) in [5, 5.41) is 0.854. The predicted octanol–water partition coefficient (Wildman–Crippen LogP) is 3.34. The van der Waals surface area contributed by atoms with Gasteiger partial charge in [0.1, 0.15) is 12.0 Å². The van der Waals surface area contributed by atoms with Gasteiger partial charge in [-0.3, -0.25) is 9.59 Å². The third-order valence-electron chi connectivity index (χ3n) is 4.19. The van der Waals surface area contributed by atoms with Crippen LogP contribution in [0.5, 0.6) is 5.75 Å². The van der Waals surface area contributed by atoms with Crippen LogP contribution >= 0.6 is 23.2 Å². The molecule has 1 saturated heterocycles. The lowest BCUT2D eigenvalue weighted by Gasteiger charge is -2.35. The van der Waals surface area contributed by atoms with Crippen molar-refractivity contribution in [3.63, 3.8) is 0 Å². The smallest absolute Gasteiger partial charge is 0.263 e. The van der Waals surface area contributed by atoms with Gasteiger partial charge in [-0.2, -0.15) is 0 Å². The summed E-state index contributed by atoms with van der Waals surface area (Å²) in [6, 6.07) is 6.48. The van der Waals surface area contributed by atoms with Gasteiger partial charge in [-0.25, -0.2) is 0 Å². The minimum atomic E-state index is -0.690. The van der Waals surface area contributed by atoms with Crippen molar-refractivity contribution in [1.29, 1.82) is 0 Å². The van der Waals surface area contributed by atoms with Gasteiger partial charge in [0.05, 0.1) is 16.8 Å². The fraction of sp³-hybridized carbons (Fsp3) is 0.333. The standard InChI is InChI=1S/C18H18Cl2N2O4/c1-12(26-16-3-2-14(19)10-15(16)20)17(23)21-5-7-22(8-6-21)18(24)13-4-9-25-11-13/h2-4,9-12H,5-8H2,1H3. The zero-order valence-corrected chi connectivity index (χ0v) is 15.7. The van der Waals surface area contributed by atoms with Crippen LogP contribution < -0.4 is 4.74 Å². The van der Waals surface area contributed by atoms with E-state index in [1.807, 2.05) is 0 Å². The first-order valence-corrected chi connectivity index (χ1v) is 8.93. The number of benzene rings is 1. The Kier molecular flexibility index (Phi) is 5.74. The number of hydrogen-bond acceptors (Lipinski definition) is 4. The average Bonchev–Trinajstić information content (AvgIpc) is 3.17. The summed E-state index contributed by atoms with van der Waals surface area (Å²) in [5.41, 5.74) is 0.513. The van der Waals surface area contributed by atoms with Crippen molar-refractivity contribution in [2.75, 3.05) is 26.2 Å². The van der Waals surface area contributed by atoms with Gasteiger partial charge in [0.15, 0.2) is 6.10 Å². The average molecular weight is 397 g/mol. The highest BCUT2D eigenvalue weighted by Gasteiger charge is 2.28. The summed E-state index contributed by atoms with van der Waals surface area (Å²) < 4.78 is 10.6. The molecular weight excluding hydrogens is 379 g/mol. The molecule has 1 aliphatic rings. The highest BCUT2D eigenvalue weighted by atomic mass is 35.5. The van der Waals surface area contributed by atoms with Gasteiger partial charge in [0.2, 0.25) is 0 Å². The molecule has 1 fully saturated rings. The SMILES string of the molecule is CC(Oc1ccc(Cl)cc1Cl)C(=O)N1CCN(C(=O)c2ccoc2)CC1. The van der Waals surface area contributed by atoms with Gasteiger partial charge >= 0.3 is 0 Å². The predicted molar refractivity (Wildman–Crippen MR) is 97.7 cm³/mol. The summed E-state index contributed by atoms with van der Waals surface area (Å²) in [6.07, 6.45) is 2.20. The Hall–Kier alpha value is -2.18. The normalized spacial score (nSPS) is 15.7. The molecule has 8 heteroatoms. The number of hydrogen-bond donors (Lipinski definition) is 0. The molecule has 0 aliphatic carbocycles. The van der Waals surface area contributed by atoms with Gasteiger partial charge in [-0.1, -0.05) is 23.2 Å². The number of rotatable bonds is 4. The Morgan fingerprint density at radius 3 is 2.42 bits per heavy atom. The molecule has 1 unspecified atom stereocenters. The Morgan fingerprint density at radius 1 is 1.12 bits per heavy atom. The maximum atomic E-state index is 12.6. The van der Waals surface area contributed by atoms with E-state index in [0.29, 0.717) is 47.5 Å². The Bertz CT molecular complexity index is 786. The van der Waals surface area contributed by atoms with Crippen LogP contribution in [-0.4, -0.2) is 53.9 Å². The lowest BCUT2D eigenvalue weighted by Crippen LogP contribution is -2.53. The molecule has 2 amide bonds. The van der Waals surface area contributed by atoms with Crippen LogP contribution in [0.2, 0.25) is 10.0 Å². The first-order valence-electron chi connectivity index (χ1n) is 8.17. The van der Waals surface area contributed by atoms with Crippen LogP contribution in [0, 0.1) is 0 Å². The maximum absolute atomic E-state index is 12.6. The number of furan rings is 1. The molecule has 1 aromatic carbocycles. The van der Waals surface area contributed by atoms with E-state index in [-0.39, 0.29) is 11.8 Å². The molecule has 2 aromatic rings. The number of nitrogens with zero attached hydrogens (tertiary/aromatic N) is 2. The number of amides is 2. The fourth-order valence-corrected chi connectivity index (χ4v) is 3.22. The lowest BCUT2D eigenvalue weighted by molar-refractivity contribution is -0.139. The highest BCUT2D eigenvalue weighted by Crippen LogP contribution is 2.28. The van der Waals surface area contributed by atoms with E-state index >= 15 is 0 Å². The molecule has 1 aliphatic heterocycles. The molecule has 6 nitrogen and oxygen atoms in total. The minimum Gasteiger partial charge on any atom is -0.479 e. The van der Waals surface area contributed by atoms with Gasteiger partial charge in [0.25, 0.3) is 11.8 Å². The minimum absolute atomic E-state index is 0.0944. The molecule has 0 bridgehead atoms. The molecule has 0 saturated carbocycles. The summed E-state index contributed by atoms with van der Waals surface area (Å²) in [7, 11) is 0. The van der Waals surface area contributed by atoms with Crippen molar-refractivity contribution in [3.05, 3.63) is 52.4 Å². The van der Waals surface area contributed by atoms with Gasteiger partial charge in [-0.15, -0.1) is 0 Å². The third kappa shape index (κ3) is 4.14. The number of ether oxygens (including phenoxy) is 1. The van der Waals surface area contributed by atoms with Crippen LogP contribution in [0.3, 0.4) is 0 Å². The zero-order valence-electron chi connectivity index (χ0n) is 14.2. The first kappa shape index (κ1) is 18.6. The first-order chi connectivity index (χ1) is 12.5. The maximum Gasteiger partial charge on any atom is 0.263 e. The summed E-state index contributed by atoms with van der Waals surface area (Å²) in [4.78, 5) is 28.3. The van der Waals surface area contributed by atoms with E-state index < -0.39 is 6.10 Å². The van der Waals surface area contributed by atoms with E-state index in [9.17, 15) is 9.59 Å². The molecule has 1 aromatic heterocycles. The number of carbonyl (C=O) groups excluding carboxylic acids is 2. The largest absolute Gasteiger partial charge is 0.479 e. The molecule has 0 N–H and O–H groups in total. The molecule has 0 radical (unpaired) electrons. The lowest BCUT2D eigenvalue weighted by atomic mass is 10.2. The van der Waals surface area contributed by atoms with Crippen LogP contribution in [0.25, 0.3) is 0 Å². The van der Waals surface area contributed by atoms with Crippen molar-refractivity contribution in [2.45, 2.75) is 13.0 Å². The van der Waals surface area contributed by atoms with Crippen LogP contribution in [0.4, 0.5) is 0 Å². The summed E-state index contributed by atoms with van der Waals surface area (Å²) in [6.45, 7) is 3.50. The zero-order chi connectivity index (χ0) is 18.7. The van der Waals surface area contributed by atoms with Crippen LogP contribution in [-0.2, 0) is 4.79 Å². The van der Waals surface area contributed by atoms with E-state index in [1.165, 1.54) is 12.5 Å². The van der Waals surface area contributed by atoms with Crippen molar-refractivity contribution < 1.29 is 18.7 Å². The van der Waals surface area contributed by atoms with E-state index in [1.54, 1.807) is 41.0 Å². The van der Waals surface area contributed by atoms with Crippen molar-refractivity contribution in [1.82, 2.24) is 9.80 Å². The summed E-state index contributed by atoms with van der Waals surface area (Å²) >= 11 is 11.9. The molecule has 2 heterocycles. The van der Waals surface area contributed by atoms with E-state index in [2.05, 4.69) is 0 Å². The van der Waals surface area contributed by atoms with Crippen molar-refractivity contribution in [2.24, 2.45) is 0 Å². The van der Waals surface area contributed by atoms with Crippen molar-refractivity contribution in [3.8, 4) is 5.75 Å². The quantitative estimate of drug-likeness (QED) is 0.794. The van der Waals surface area contributed by atoms with Gasteiger partial charge < -0.3 is 19.0 Å². The molecule has 26 heavy (non-hydrogen) atoms. The second-order valence-corrected chi connectivity index (χ2v) is 6.81. The highest BCUT2D eigenvalue weighted by molar-refractivity contribution is 6.35. The third-order valence-corrected chi connectivity index (χ3v) is 4.72. The Morgan fingerprint density at radius 2 is 1.81 bits per heavy atom. The summed E-state index contributed by atoms with van der Waals surface area (Å²) in [5.74, 6) is 0.167. The second kappa shape index (κ2) is 8.01. The fourth-order valence-electron chi connectivity index (χ4n) is 2.77. The van der Waals surface area contributed by atoms with Gasteiger partial charge in [0, 0.05) is 31.2 Å². The Labute approximate surface area is 161 Å². The Balaban J connectivity index is 1.55. The van der Waals surface area contributed by atoms with Crippen LogP contribution in [0.1, 0.15) is 17.3 Å².